The fourth-order valence-electron chi connectivity index (χ4n) is 1.88. The molecule has 0 unspecified atom stereocenters. The molecule has 1 heterocycles. The second-order valence-corrected chi connectivity index (χ2v) is 7.51. The van der Waals surface area contributed by atoms with Crippen molar-refractivity contribution in [3.05, 3.63) is 53.4 Å². The molecule has 2 N–H and O–H groups in total. The van der Waals surface area contributed by atoms with Gasteiger partial charge in [-0.1, -0.05) is 36.4 Å². The fourth-order valence-corrected chi connectivity index (χ4v) is 4.49. The summed E-state index contributed by atoms with van der Waals surface area (Å²) in [5, 5.41) is 1.77. The van der Waals surface area contributed by atoms with Gasteiger partial charge in [-0.2, -0.15) is 4.31 Å². The van der Waals surface area contributed by atoms with Crippen LogP contribution >= 0.6 is 11.3 Å². The van der Waals surface area contributed by atoms with Crippen LogP contribution in [0.1, 0.15) is 12.0 Å². The van der Waals surface area contributed by atoms with Crippen LogP contribution in [-0.4, -0.2) is 25.8 Å². The first-order chi connectivity index (χ1) is 9.64. The van der Waals surface area contributed by atoms with E-state index >= 15 is 0 Å². The Labute approximate surface area is 123 Å². The van der Waals surface area contributed by atoms with Crippen LogP contribution < -0.4 is 5.73 Å². The molecule has 0 radical (unpaired) electrons. The van der Waals surface area contributed by atoms with Gasteiger partial charge in [-0.15, -0.1) is 11.3 Å². The Bertz CT molecular complexity index is 610. The maximum Gasteiger partial charge on any atom is 0.252 e. The van der Waals surface area contributed by atoms with Gasteiger partial charge in [0.15, 0.2) is 0 Å². The lowest BCUT2D eigenvalue weighted by atomic mass is 10.2. The van der Waals surface area contributed by atoms with Gasteiger partial charge < -0.3 is 5.73 Å². The molecule has 0 spiro atoms. The first kappa shape index (κ1) is 15.2. The number of hydrogen-bond acceptors (Lipinski definition) is 4. The van der Waals surface area contributed by atoms with E-state index in [0.29, 0.717) is 30.3 Å². The van der Waals surface area contributed by atoms with Crippen LogP contribution in [0.4, 0.5) is 0 Å². The molecular weight excluding hydrogens is 292 g/mol. The summed E-state index contributed by atoms with van der Waals surface area (Å²) in [4.78, 5) is 0. The highest BCUT2D eigenvalue weighted by Crippen LogP contribution is 2.22. The maximum absolute atomic E-state index is 12.6. The standard InChI is InChI=1S/C14H18N2O2S2/c15-9-5-10-16(12-13-6-2-1-3-7-13)20(17,18)14-8-4-11-19-14/h1-4,6-8,11H,5,9-10,12,15H2. The van der Waals surface area contributed by atoms with Crippen molar-refractivity contribution >= 4 is 21.4 Å². The highest BCUT2D eigenvalue weighted by Gasteiger charge is 2.24. The molecule has 0 fully saturated rings. The van der Waals surface area contributed by atoms with Crippen molar-refractivity contribution in [2.24, 2.45) is 5.73 Å². The molecule has 0 bridgehead atoms. The highest BCUT2D eigenvalue weighted by molar-refractivity contribution is 7.91. The quantitative estimate of drug-likeness (QED) is 0.853. The van der Waals surface area contributed by atoms with E-state index in [4.69, 9.17) is 5.73 Å². The lowest BCUT2D eigenvalue weighted by Crippen LogP contribution is -2.32. The minimum absolute atomic E-state index is 0.376. The zero-order valence-electron chi connectivity index (χ0n) is 11.1. The maximum atomic E-state index is 12.6. The summed E-state index contributed by atoms with van der Waals surface area (Å²) >= 11 is 1.24. The van der Waals surface area contributed by atoms with Crippen molar-refractivity contribution in [2.45, 2.75) is 17.2 Å². The minimum atomic E-state index is -3.43. The molecule has 0 aliphatic carbocycles. The highest BCUT2D eigenvalue weighted by atomic mass is 32.2. The monoisotopic (exact) mass is 310 g/mol. The van der Waals surface area contributed by atoms with Crippen LogP contribution in [0.3, 0.4) is 0 Å². The van der Waals surface area contributed by atoms with Gasteiger partial charge >= 0.3 is 0 Å². The molecule has 2 aromatic rings. The van der Waals surface area contributed by atoms with Crippen LogP contribution in [0.25, 0.3) is 0 Å². The Balaban J connectivity index is 2.23. The Morgan fingerprint density at radius 3 is 2.45 bits per heavy atom. The number of hydrogen-bond donors (Lipinski definition) is 1. The molecule has 6 heteroatoms. The van der Waals surface area contributed by atoms with Crippen molar-refractivity contribution in [2.75, 3.05) is 13.1 Å². The number of rotatable bonds is 7. The van der Waals surface area contributed by atoms with Gasteiger partial charge in [0, 0.05) is 13.1 Å². The lowest BCUT2D eigenvalue weighted by Gasteiger charge is -2.21. The van der Waals surface area contributed by atoms with Crippen LogP contribution in [-0.2, 0) is 16.6 Å². The summed E-state index contributed by atoms with van der Waals surface area (Å²) in [6.07, 6.45) is 0.650. The van der Waals surface area contributed by atoms with Gasteiger partial charge in [0.1, 0.15) is 4.21 Å². The SMILES string of the molecule is NCCCN(Cc1ccccc1)S(=O)(=O)c1cccs1. The van der Waals surface area contributed by atoms with Crippen LogP contribution in [0.2, 0.25) is 0 Å². The zero-order valence-corrected chi connectivity index (χ0v) is 12.7. The van der Waals surface area contributed by atoms with E-state index in [1.807, 2.05) is 30.3 Å². The van der Waals surface area contributed by atoms with Crippen molar-refractivity contribution in [1.29, 1.82) is 0 Å². The smallest absolute Gasteiger partial charge is 0.252 e. The zero-order chi connectivity index (χ0) is 14.4. The third kappa shape index (κ3) is 3.67. The van der Waals surface area contributed by atoms with E-state index in [0.717, 1.165) is 5.56 Å². The topological polar surface area (TPSA) is 63.4 Å². The van der Waals surface area contributed by atoms with E-state index in [1.54, 1.807) is 17.5 Å². The third-order valence-electron chi connectivity index (χ3n) is 2.90. The molecule has 0 aliphatic heterocycles. The molecule has 0 atom stereocenters. The van der Waals surface area contributed by atoms with E-state index in [9.17, 15) is 8.42 Å². The summed E-state index contributed by atoms with van der Waals surface area (Å²) in [6, 6.07) is 13.0. The van der Waals surface area contributed by atoms with Crippen molar-refractivity contribution in [3.63, 3.8) is 0 Å². The fraction of sp³-hybridized carbons (Fsp3) is 0.286. The predicted molar refractivity (Wildman–Crippen MR) is 82.0 cm³/mol. The van der Waals surface area contributed by atoms with E-state index in [-0.39, 0.29) is 0 Å². The normalized spacial score (nSPS) is 11.9. The number of sulfonamides is 1. The van der Waals surface area contributed by atoms with E-state index in [2.05, 4.69) is 0 Å². The van der Waals surface area contributed by atoms with Gasteiger partial charge in [-0.3, -0.25) is 0 Å². The average molecular weight is 310 g/mol. The number of benzene rings is 1. The molecule has 108 valence electrons. The van der Waals surface area contributed by atoms with Gasteiger partial charge in [0.05, 0.1) is 0 Å². The van der Waals surface area contributed by atoms with Crippen LogP contribution in [0.5, 0.6) is 0 Å². The third-order valence-corrected chi connectivity index (χ3v) is 6.12. The van der Waals surface area contributed by atoms with Crippen LogP contribution in [0, 0.1) is 0 Å². The Morgan fingerprint density at radius 2 is 1.85 bits per heavy atom. The average Bonchev–Trinajstić information content (AvgIpc) is 2.99. The molecule has 1 aromatic carbocycles. The van der Waals surface area contributed by atoms with E-state index in [1.165, 1.54) is 15.6 Å². The molecule has 4 nitrogen and oxygen atoms in total. The first-order valence-corrected chi connectivity index (χ1v) is 8.74. The largest absolute Gasteiger partial charge is 0.330 e. The number of thiophene rings is 1. The van der Waals surface area contributed by atoms with Crippen LogP contribution in [0.15, 0.2) is 52.1 Å². The van der Waals surface area contributed by atoms with Crippen molar-refractivity contribution in [3.8, 4) is 0 Å². The molecule has 2 rings (SSSR count). The summed E-state index contributed by atoms with van der Waals surface area (Å²) in [5.41, 5.74) is 6.49. The number of nitrogens with two attached hydrogens (primary N) is 1. The molecular formula is C14H18N2O2S2. The molecule has 20 heavy (non-hydrogen) atoms. The Hall–Kier alpha value is -1.21. The minimum Gasteiger partial charge on any atom is -0.330 e. The van der Waals surface area contributed by atoms with E-state index < -0.39 is 10.0 Å². The molecule has 0 saturated heterocycles. The summed E-state index contributed by atoms with van der Waals surface area (Å²) < 4.78 is 27.1. The lowest BCUT2D eigenvalue weighted by molar-refractivity contribution is 0.403. The summed E-state index contributed by atoms with van der Waals surface area (Å²) in [5.74, 6) is 0. The molecule has 0 saturated carbocycles. The molecule has 1 aromatic heterocycles. The second-order valence-electron chi connectivity index (χ2n) is 4.40. The van der Waals surface area contributed by atoms with Gasteiger partial charge in [-0.05, 0) is 30.0 Å². The number of nitrogens with zero attached hydrogens (tertiary/aromatic N) is 1. The second kappa shape index (κ2) is 6.99. The summed E-state index contributed by atoms with van der Waals surface area (Å²) in [7, 11) is -3.43. The van der Waals surface area contributed by atoms with Crippen molar-refractivity contribution < 1.29 is 8.42 Å². The van der Waals surface area contributed by atoms with Gasteiger partial charge in [-0.25, -0.2) is 8.42 Å². The molecule has 0 amide bonds. The van der Waals surface area contributed by atoms with Crippen molar-refractivity contribution in [1.82, 2.24) is 4.31 Å². The summed E-state index contributed by atoms with van der Waals surface area (Å²) in [6.45, 7) is 1.29. The Kier molecular flexibility index (Phi) is 5.31. The predicted octanol–water partition coefficient (Wildman–Crippen LogP) is 2.29. The first-order valence-electron chi connectivity index (χ1n) is 6.42. The molecule has 0 aliphatic rings. The van der Waals surface area contributed by atoms with Gasteiger partial charge in [0.25, 0.3) is 10.0 Å². The Morgan fingerprint density at radius 1 is 1.10 bits per heavy atom. The van der Waals surface area contributed by atoms with Gasteiger partial charge in [0.2, 0.25) is 0 Å².